The molecule has 0 aliphatic carbocycles. The number of rotatable bonds is 6. The van der Waals surface area contributed by atoms with E-state index in [9.17, 15) is 0 Å². The van der Waals surface area contributed by atoms with Crippen LogP contribution in [0.15, 0.2) is 0 Å². The van der Waals surface area contributed by atoms with Gasteiger partial charge in [-0.05, 0) is 83.1 Å². The maximum absolute atomic E-state index is 4.91. The van der Waals surface area contributed by atoms with E-state index in [0.717, 1.165) is 0 Å². The first-order valence-corrected chi connectivity index (χ1v) is 12.8. The van der Waals surface area contributed by atoms with Gasteiger partial charge in [0.15, 0.2) is 0 Å². The van der Waals surface area contributed by atoms with Gasteiger partial charge in [0.25, 0.3) is 0 Å². The molecule has 0 fully saturated rings. The van der Waals surface area contributed by atoms with Crippen molar-refractivity contribution in [1.82, 2.24) is 14.7 Å². The Bertz CT molecular complexity index is 416. The Balaban J connectivity index is -0.000000174. The van der Waals surface area contributed by atoms with Gasteiger partial charge in [0.2, 0.25) is 0 Å². The fraction of sp³-hybridized carbons (Fsp3) is 0.857. The Hall–Kier alpha value is 0.862. The standard InChI is InChI=1S/3C7H15NS2.Cr/c3*1-5(2)8(6(3)4)7(9)10;/h3*5-6H,1-4H3,(H,9,10);/q;;;+3/p-3. The largest absolute Gasteiger partial charge is 3.00 e. The van der Waals surface area contributed by atoms with Crippen LogP contribution >= 0.6 is 36.7 Å². The molecule has 0 N–H and O–H groups in total. The first-order chi connectivity index (χ1) is 13.4. The summed E-state index contributed by atoms with van der Waals surface area (Å²) in [6.07, 6.45) is 0. The number of nitrogens with zero attached hydrogens (tertiary/aromatic N) is 3. The smallest absolute Gasteiger partial charge is 0.411 e. The monoisotopic (exact) mass is 580 g/mol. The van der Waals surface area contributed by atoms with Crippen LogP contribution in [0.2, 0.25) is 0 Å². The van der Waals surface area contributed by atoms with Crippen LogP contribution in [0.4, 0.5) is 0 Å². The van der Waals surface area contributed by atoms with Gasteiger partial charge in [-0.3, -0.25) is 0 Å². The summed E-state index contributed by atoms with van der Waals surface area (Å²) in [5.74, 6) is 0. The third-order valence-corrected chi connectivity index (χ3v) is 5.24. The molecule has 0 aromatic rings. The Morgan fingerprint density at radius 2 is 0.516 bits per heavy atom. The van der Waals surface area contributed by atoms with Crippen molar-refractivity contribution >= 4 is 87.5 Å². The molecule has 0 saturated carbocycles. The van der Waals surface area contributed by atoms with Crippen LogP contribution < -0.4 is 0 Å². The zero-order chi connectivity index (χ0) is 24.9. The molecule has 3 nitrogen and oxygen atoms in total. The summed E-state index contributed by atoms with van der Waals surface area (Å²) in [4.78, 5) is 6.14. The molecular formula is C21H42CrN3S6. The Morgan fingerprint density at radius 1 is 0.419 bits per heavy atom. The SMILES string of the molecule is CC(C)N(C(=S)[S-])C(C)C.CC(C)N(C(=S)[S-])C(C)C.CC(C)N(C(=S)[S-])C(C)C.[Cr+3]. The molecule has 0 aromatic heterocycles. The summed E-state index contributed by atoms with van der Waals surface area (Å²) < 4.78 is 1.72. The van der Waals surface area contributed by atoms with Crippen molar-refractivity contribution in [3.8, 4) is 0 Å². The van der Waals surface area contributed by atoms with E-state index in [1.807, 2.05) is 14.7 Å². The molecule has 0 saturated heterocycles. The second kappa shape index (κ2) is 20.3. The molecule has 0 rings (SSSR count). The summed E-state index contributed by atoms with van der Waals surface area (Å²) in [5, 5.41) is 0. The molecular weight excluding hydrogens is 539 g/mol. The molecule has 0 bridgehead atoms. The van der Waals surface area contributed by atoms with E-state index < -0.39 is 0 Å². The number of hydrogen-bond donors (Lipinski definition) is 0. The molecule has 10 heteroatoms. The van der Waals surface area contributed by atoms with Crippen LogP contribution in [0, 0.1) is 0 Å². The van der Waals surface area contributed by atoms with E-state index in [1.54, 1.807) is 0 Å². The molecule has 1 radical (unpaired) electrons. The van der Waals surface area contributed by atoms with Crippen molar-refractivity contribution in [3.05, 3.63) is 0 Å². The van der Waals surface area contributed by atoms with Crippen molar-refractivity contribution in [1.29, 1.82) is 0 Å². The molecule has 31 heavy (non-hydrogen) atoms. The minimum Gasteiger partial charge on any atom is -0.411 e. The van der Waals surface area contributed by atoms with Crippen molar-refractivity contribution in [3.63, 3.8) is 0 Å². The predicted octanol–water partition coefficient (Wildman–Crippen LogP) is 5.81. The first-order valence-electron chi connectivity index (χ1n) is 10.4. The maximum Gasteiger partial charge on any atom is 3.00 e. The number of hydrogen-bond acceptors (Lipinski definition) is 6. The Morgan fingerprint density at radius 3 is 0.516 bits per heavy atom. The van der Waals surface area contributed by atoms with Crippen molar-refractivity contribution in [2.45, 2.75) is 119 Å². The van der Waals surface area contributed by atoms with Crippen molar-refractivity contribution in [2.75, 3.05) is 0 Å². The van der Waals surface area contributed by atoms with E-state index in [4.69, 9.17) is 74.5 Å². The van der Waals surface area contributed by atoms with Crippen LogP contribution in [0.1, 0.15) is 83.1 Å². The third-order valence-electron chi connectivity index (χ3n) is 3.97. The Labute approximate surface area is 237 Å². The van der Waals surface area contributed by atoms with Gasteiger partial charge in [0, 0.05) is 36.3 Å². The van der Waals surface area contributed by atoms with Crippen LogP contribution in [0.25, 0.3) is 0 Å². The molecule has 0 aromatic carbocycles. The van der Waals surface area contributed by atoms with Crippen LogP contribution in [0.5, 0.6) is 0 Å². The topological polar surface area (TPSA) is 9.72 Å². The quantitative estimate of drug-likeness (QED) is 0.282. The molecule has 0 unspecified atom stereocenters. The van der Waals surface area contributed by atoms with Crippen LogP contribution in [0.3, 0.4) is 0 Å². The molecule has 0 aliphatic rings. The summed E-state index contributed by atoms with van der Waals surface area (Å²) in [7, 11) is 0. The summed E-state index contributed by atoms with van der Waals surface area (Å²) >= 11 is 29.5. The summed E-state index contributed by atoms with van der Waals surface area (Å²) in [6, 6.07) is 2.53. The fourth-order valence-electron chi connectivity index (χ4n) is 3.05. The molecule has 183 valence electrons. The van der Waals surface area contributed by atoms with Gasteiger partial charge >= 0.3 is 17.4 Å². The first kappa shape index (κ1) is 39.1. The Kier molecular flexibility index (Phi) is 25.5. The summed E-state index contributed by atoms with van der Waals surface area (Å²) in [6.45, 7) is 25.1. The average Bonchev–Trinajstić information content (AvgIpc) is 2.43. The van der Waals surface area contributed by atoms with E-state index in [2.05, 4.69) is 83.1 Å². The van der Waals surface area contributed by atoms with E-state index in [-0.39, 0.29) is 17.4 Å². The van der Waals surface area contributed by atoms with Gasteiger partial charge in [0.1, 0.15) is 0 Å². The second-order valence-electron chi connectivity index (χ2n) is 8.58. The molecule has 0 spiro atoms. The van der Waals surface area contributed by atoms with E-state index in [0.29, 0.717) is 49.2 Å². The van der Waals surface area contributed by atoms with Crippen LogP contribution in [-0.4, -0.2) is 63.9 Å². The fourth-order valence-corrected chi connectivity index (χ4v) is 5.58. The second-order valence-corrected chi connectivity index (χ2v) is 11.7. The number of thiocarbonyl (C=S) groups is 3. The minimum absolute atomic E-state index is 0. The van der Waals surface area contributed by atoms with Gasteiger partial charge in [-0.2, -0.15) is 0 Å². The van der Waals surface area contributed by atoms with Crippen molar-refractivity contribution < 1.29 is 17.4 Å². The third kappa shape index (κ3) is 18.9. The van der Waals surface area contributed by atoms with Crippen molar-refractivity contribution in [2.24, 2.45) is 0 Å². The van der Waals surface area contributed by atoms with Gasteiger partial charge in [-0.15, -0.1) is 0 Å². The summed E-state index contributed by atoms with van der Waals surface area (Å²) in [5.41, 5.74) is 0. The minimum atomic E-state index is 0. The predicted molar refractivity (Wildman–Crippen MR) is 156 cm³/mol. The normalized spacial score (nSPS) is 10.3. The van der Waals surface area contributed by atoms with Gasteiger partial charge in [-0.25, -0.2) is 0 Å². The molecule has 0 amide bonds. The average molecular weight is 581 g/mol. The van der Waals surface area contributed by atoms with E-state index >= 15 is 0 Å². The molecule has 0 aliphatic heterocycles. The van der Waals surface area contributed by atoms with Gasteiger partial charge in [-0.1, -0.05) is 13.0 Å². The molecule has 0 atom stereocenters. The van der Waals surface area contributed by atoms with Gasteiger partial charge < -0.3 is 89.2 Å². The van der Waals surface area contributed by atoms with Gasteiger partial charge in [0.05, 0.1) is 0 Å². The van der Waals surface area contributed by atoms with Crippen LogP contribution in [-0.2, 0) is 55.2 Å². The zero-order valence-electron chi connectivity index (χ0n) is 21.2. The van der Waals surface area contributed by atoms with E-state index in [1.165, 1.54) is 0 Å². The maximum atomic E-state index is 4.91. The molecule has 0 heterocycles. The zero-order valence-corrected chi connectivity index (χ0v) is 27.3.